The molecule has 1 rings (SSSR count). The molecule has 0 aromatic rings. The molecule has 0 saturated heterocycles. The van der Waals surface area contributed by atoms with Crippen molar-refractivity contribution in [2.24, 2.45) is 9.98 Å². The van der Waals surface area contributed by atoms with Crippen LogP contribution in [0.3, 0.4) is 0 Å². The third-order valence-corrected chi connectivity index (χ3v) is 2.76. The average molecular weight is 222 g/mol. The molecule has 3 heteroatoms. The Morgan fingerprint density at radius 1 is 0.875 bits per heavy atom. The van der Waals surface area contributed by atoms with Crippen molar-refractivity contribution in [3.05, 3.63) is 0 Å². The smallest absolute Gasteiger partial charge is 0.265 e. The van der Waals surface area contributed by atoms with Gasteiger partial charge in [0, 0.05) is 6.42 Å². The second-order valence-corrected chi connectivity index (χ2v) is 4.31. The van der Waals surface area contributed by atoms with Crippen LogP contribution in [0.25, 0.3) is 0 Å². The fraction of sp³-hybridized carbons (Fsp3) is 0.769. The van der Waals surface area contributed by atoms with Crippen LogP contribution in [0.4, 0.5) is 0 Å². The van der Waals surface area contributed by atoms with Gasteiger partial charge in [-0.05, 0) is 19.3 Å². The molecule has 0 spiro atoms. The lowest BCUT2D eigenvalue weighted by molar-refractivity contribution is -0.111. The Balaban J connectivity index is 2.33. The molecule has 0 aromatic carbocycles. The van der Waals surface area contributed by atoms with Gasteiger partial charge in [-0.2, -0.15) is 4.99 Å². The topological polar surface area (TPSA) is 41.8 Å². The minimum atomic E-state index is -0.0948. The molecule has 0 atom stereocenters. The van der Waals surface area contributed by atoms with Crippen molar-refractivity contribution in [3.63, 3.8) is 0 Å². The lowest BCUT2D eigenvalue weighted by atomic mass is 10.1. The van der Waals surface area contributed by atoms with E-state index < -0.39 is 0 Å². The predicted molar refractivity (Wildman–Crippen MR) is 68.2 cm³/mol. The van der Waals surface area contributed by atoms with Crippen LogP contribution in [0.5, 0.6) is 0 Å². The van der Waals surface area contributed by atoms with E-state index in [1.165, 1.54) is 19.3 Å². The summed E-state index contributed by atoms with van der Waals surface area (Å²) in [4.78, 5) is 19.8. The van der Waals surface area contributed by atoms with Gasteiger partial charge in [-0.3, -0.25) is 4.79 Å². The molecule has 0 radical (unpaired) electrons. The van der Waals surface area contributed by atoms with E-state index in [9.17, 15) is 4.79 Å². The second kappa shape index (κ2) is 7.31. The van der Waals surface area contributed by atoms with Gasteiger partial charge in [0.2, 0.25) is 0 Å². The van der Waals surface area contributed by atoms with Crippen molar-refractivity contribution < 1.29 is 4.79 Å². The van der Waals surface area contributed by atoms with Crippen molar-refractivity contribution in [3.8, 4) is 0 Å². The molecule has 0 bridgehead atoms. The molecule has 3 nitrogen and oxygen atoms in total. The minimum Gasteiger partial charge on any atom is -0.265 e. The third-order valence-electron chi connectivity index (χ3n) is 2.76. The summed E-state index contributed by atoms with van der Waals surface area (Å²) in [6.45, 7) is 4.33. The number of carbonyl (C=O) groups is 1. The highest BCUT2D eigenvalue weighted by Gasteiger charge is 2.18. The summed E-state index contributed by atoms with van der Waals surface area (Å²) >= 11 is 0. The number of aliphatic imine (C=N–C) groups is 2. The molecule has 0 aliphatic carbocycles. The van der Waals surface area contributed by atoms with E-state index >= 15 is 0 Å². The molecule has 1 aliphatic heterocycles. The zero-order valence-corrected chi connectivity index (χ0v) is 10.5. The highest BCUT2D eigenvalue weighted by Crippen LogP contribution is 2.11. The predicted octanol–water partition coefficient (Wildman–Crippen LogP) is 3.53. The van der Waals surface area contributed by atoms with E-state index in [4.69, 9.17) is 0 Å². The number of amidine groups is 1. The van der Waals surface area contributed by atoms with E-state index in [1.54, 1.807) is 0 Å². The van der Waals surface area contributed by atoms with Crippen LogP contribution < -0.4 is 0 Å². The standard InChI is InChI=1S/C13H22N2O/c1-3-5-7-9-11-13(16)15-12(14-11)10-8-6-4-2/h3-10H2,1-2H3. The monoisotopic (exact) mass is 222 g/mol. The number of rotatable bonds is 8. The largest absolute Gasteiger partial charge is 0.293 e. The first-order valence-corrected chi connectivity index (χ1v) is 6.47. The maximum Gasteiger partial charge on any atom is 0.293 e. The van der Waals surface area contributed by atoms with Crippen LogP contribution >= 0.6 is 0 Å². The summed E-state index contributed by atoms with van der Waals surface area (Å²) in [5.41, 5.74) is 0.681. The van der Waals surface area contributed by atoms with Crippen LogP contribution in [0.15, 0.2) is 9.98 Å². The maximum atomic E-state index is 11.5. The maximum absolute atomic E-state index is 11.5. The highest BCUT2D eigenvalue weighted by atomic mass is 16.1. The van der Waals surface area contributed by atoms with Crippen molar-refractivity contribution in [2.75, 3.05) is 0 Å². The second-order valence-electron chi connectivity index (χ2n) is 4.31. The van der Waals surface area contributed by atoms with E-state index in [2.05, 4.69) is 23.8 Å². The molecule has 0 fully saturated rings. The molecular weight excluding hydrogens is 200 g/mol. The molecule has 1 heterocycles. The first-order chi connectivity index (χ1) is 7.77. The molecular formula is C13H22N2O. The van der Waals surface area contributed by atoms with E-state index in [1.807, 2.05) is 0 Å². The average Bonchev–Trinajstić information content (AvgIpc) is 2.61. The zero-order chi connectivity index (χ0) is 11.8. The van der Waals surface area contributed by atoms with Gasteiger partial charge in [0.25, 0.3) is 5.91 Å². The highest BCUT2D eigenvalue weighted by molar-refractivity contribution is 6.45. The summed E-state index contributed by atoms with van der Waals surface area (Å²) in [6, 6.07) is 0. The minimum absolute atomic E-state index is 0.0948. The molecule has 0 aromatic heterocycles. The lowest BCUT2D eigenvalue weighted by Gasteiger charge is -1.96. The molecule has 0 unspecified atom stereocenters. The first kappa shape index (κ1) is 13.1. The number of amides is 1. The Morgan fingerprint density at radius 2 is 1.50 bits per heavy atom. The van der Waals surface area contributed by atoms with Gasteiger partial charge in [-0.15, -0.1) is 0 Å². The van der Waals surface area contributed by atoms with Crippen LogP contribution in [0.2, 0.25) is 0 Å². The summed E-state index contributed by atoms with van der Waals surface area (Å²) in [5.74, 6) is 0.660. The number of nitrogens with zero attached hydrogens (tertiary/aromatic N) is 2. The van der Waals surface area contributed by atoms with Gasteiger partial charge < -0.3 is 0 Å². The quantitative estimate of drug-likeness (QED) is 0.579. The van der Waals surface area contributed by atoms with Crippen LogP contribution in [-0.4, -0.2) is 17.5 Å². The van der Waals surface area contributed by atoms with E-state index in [0.29, 0.717) is 5.71 Å². The van der Waals surface area contributed by atoms with Crippen LogP contribution in [0, 0.1) is 0 Å². The SMILES string of the molecule is CCCCCC1=NC(=O)C(CCCCC)=N1. The normalized spacial score (nSPS) is 15.2. The fourth-order valence-corrected chi connectivity index (χ4v) is 1.76. The molecule has 16 heavy (non-hydrogen) atoms. The van der Waals surface area contributed by atoms with Crippen LogP contribution in [0.1, 0.15) is 65.2 Å². The molecule has 0 saturated carbocycles. The molecule has 90 valence electrons. The van der Waals surface area contributed by atoms with Crippen molar-refractivity contribution >= 4 is 17.5 Å². The van der Waals surface area contributed by atoms with Gasteiger partial charge >= 0.3 is 0 Å². The molecule has 1 amide bonds. The van der Waals surface area contributed by atoms with Crippen LogP contribution in [-0.2, 0) is 4.79 Å². The van der Waals surface area contributed by atoms with Gasteiger partial charge in [0.15, 0.2) is 0 Å². The Kier molecular flexibility index (Phi) is 5.98. The Labute approximate surface area is 98.1 Å². The van der Waals surface area contributed by atoms with Gasteiger partial charge in [-0.25, -0.2) is 4.99 Å². The molecule has 0 N–H and O–H groups in total. The first-order valence-electron chi connectivity index (χ1n) is 6.47. The zero-order valence-electron chi connectivity index (χ0n) is 10.5. The van der Waals surface area contributed by atoms with Crippen molar-refractivity contribution in [1.29, 1.82) is 0 Å². The van der Waals surface area contributed by atoms with E-state index in [-0.39, 0.29) is 5.91 Å². The Bertz CT molecular complexity index is 282. The number of hydrogen-bond acceptors (Lipinski definition) is 2. The Hall–Kier alpha value is -0.990. The molecule has 1 aliphatic rings. The van der Waals surface area contributed by atoms with Crippen molar-refractivity contribution in [2.45, 2.75) is 65.2 Å². The number of unbranched alkanes of at least 4 members (excludes halogenated alkanes) is 4. The van der Waals surface area contributed by atoms with Gasteiger partial charge in [0.05, 0.1) is 0 Å². The Morgan fingerprint density at radius 3 is 2.12 bits per heavy atom. The number of carbonyl (C=O) groups excluding carboxylic acids is 1. The summed E-state index contributed by atoms with van der Waals surface area (Å²) in [7, 11) is 0. The van der Waals surface area contributed by atoms with Gasteiger partial charge in [-0.1, -0.05) is 39.5 Å². The van der Waals surface area contributed by atoms with Gasteiger partial charge in [0.1, 0.15) is 11.5 Å². The summed E-state index contributed by atoms with van der Waals surface area (Å²) in [6.07, 6.45) is 8.52. The summed E-state index contributed by atoms with van der Waals surface area (Å²) < 4.78 is 0. The number of hydrogen-bond donors (Lipinski definition) is 0. The van der Waals surface area contributed by atoms with E-state index in [0.717, 1.165) is 37.9 Å². The fourth-order valence-electron chi connectivity index (χ4n) is 1.76. The van der Waals surface area contributed by atoms with Crippen molar-refractivity contribution in [1.82, 2.24) is 0 Å². The summed E-state index contributed by atoms with van der Waals surface area (Å²) in [5, 5.41) is 0. The lowest BCUT2D eigenvalue weighted by Crippen LogP contribution is -2.06. The third kappa shape index (κ3) is 4.25.